The van der Waals surface area contributed by atoms with E-state index in [1.165, 1.54) is 13.1 Å². The molecule has 0 bridgehead atoms. The first kappa shape index (κ1) is 9.31. The van der Waals surface area contributed by atoms with E-state index in [2.05, 4.69) is 9.97 Å². The number of carbonyl (C=O) groups is 2. The molecule has 0 amide bonds. The van der Waals surface area contributed by atoms with E-state index in [4.69, 9.17) is 5.11 Å². The Morgan fingerprint density at radius 1 is 1.46 bits per heavy atom. The number of ketones is 1. The highest BCUT2D eigenvalue weighted by Crippen LogP contribution is 2.05. The van der Waals surface area contributed by atoms with Gasteiger partial charge in [-0.15, -0.1) is 0 Å². The van der Waals surface area contributed by atoms with Gasteiger partial charge in [-0.3, -0.25) is 4.79 Å². The number of carbonyl (C=O) groups excluding carboxylic acids is 1. The van der Waals surface area contributed by atoms with Crippen molar-refractivity contribution in [3.63, 3.8) is 0 Å². The fourth-order valence-corrected chi connectivity index (χ4v) is 0.891. The SMILES string of the molecule is CC(=O)c1cnc(C)nc1C(=O)O. The Kier molecular flexibility index (Phi) is 2.36. The fourth-order valence-electron chi connectivity index (χ4n) is 0.891. The van der Waals surface area contributed by atoms with Crippen LogP contribution in [-0.4, -0.2) is 26.8 Å². The first-order chi connectivity index (χ1) is 6.02. The Morgan fingerprint density at radius 2 is 2.08 bits per heavy atom. The van der Waals surface area contributed by atoms with E-state index in [1.807, 2.05) is 0 Å². The number of carboxylic acid groups (broad SMARTS) is 1. The summed E-state index contributed by atoms with van der Waals surface area (Å²) in [6, 6.07) is 0. The van der Waals surface area contributed by atoms with Gasteiger partial charge < -0.3 is 5.11 Å². The first-order valence-corrected chi connectivity index (χ1v) is 3.60. The molecule has 0 unspecified atom stereocenters. The number of aryl methyl sites for hydroxylation is 1. The Balaban J connectivity index is 3.35. The standard InChI is InChI=1S/C8H8N2O3/c1-4(11)6-3-9-5(2)10-7(6)8(12)13/h3H,1-2H3,(H,12,13). The third-order valence-corrected chi connectivity index (χ3v) is 1.49. The summed E-state index contributed by atoms with van der Waals surface area (Å²) in [6.45, 7) is 2.84. The third kappa shape index (κ3) is 1.87. The summed E-state index contributed by atoms with van der Waals surface area (Å²) in [5, 5.41) is 8.70. The van der Waals surface area contributed by atoms with Crippen molar-refractivity contribution in [1.29, 1.82) is 0 Å². The lowest BCUT2D eigenvalue weighted by Crippen LogP contribution is -2.11. The normalized spacial score (nSPS) is 9.69. The average molecular weight is 180 g/mol. The van der Waals surface area contributed by atoms with Crippen molar-refractivity contribution in [3.8, 4) is 0 Å². The topological polar surface area (TPSA) is 80.2 Å². The second kappa shape index (κ2) is 3.30. The maximum atomic E-state index is 10.9. The molecule has 0 saturated heterocycles. The number of carboxylic acids is 1. The molecule has 0 radical (unpaired) electrons. The van der Waals surface area contributed by atoms with Crippen LogP contribution < -0.4 is 0 Å². The molecule has 0 aliphatic heterocycles. The van der Waals surface area contributed by atoms with Crippen LogP contribution in [-0.2, 0) is 0 Å². The molecule has 1 N–H and O–H groups in total. The number of hydrogen-bond donors (Lipinski definition) is 1. The number of aromatic carboxylic acids is 1. The van der Waals surface area contributed by atoms with E-state index in [9.17, 15) is 9.59 Å². The van der Waals surface area contributed by atoms with E-state index in [0.717, 1.165) is 0 Å². The zero-order valence-corrected chi connectivity index (χ0v) is 7.24. The lowest BCUT2D eigenvalue weighted by molar-refractivity contribution is 0.0685. The van der Waals surface area contributed by atoms with E-state index >= 15 is 0 Å². The van der Waals surface area contributed by atoms with Crippen LogP contribution in [0.25, 0.3) is 0 Å². The van der Waals surface area contributed by atoms with Crippen LogP contribution in [0.5, 0.6) is 0 Å². The minimum atomic E-state index is -1.21. The molecular weight excluding hydrogens is 172 g/mol. The van der Waals surface area contributed by atoms with Gasteiger partial charge in [0.25, 0.3) is 0 Å². The smallest absolute Gasteiger partial charge is 0.355 e. The van der Waals surface area contributed by atoms with Gasteiger partial charge >= 0.3 is 5.97 Å². The van der Waals surface area contributed by atoms with Crippen molar-refractivity contribution in [2.45, 2.75) is 13.8 Å². The van der Waals surface area contributed by atoms with Crippen molar-refractivity contribution in [2.24, 2.45) is 0 Å². The van der Waals surface area contributed by atoms with Crippen LogP contribution >= 0.6 is 0 Å². The Bertz CT molecular complexity index is 374. The fraction of sp³-hybridized carbons (Fsp3) is 0.250. The van der Waals surface area contributed by atoms with Gasteiger partial charge in [-0.1, -0.05) is 0 Å². The monoisotopic (exact) mass is 180 g/mol. The second-order valence-corrected chi connectivity index (χ2v) is 2.54. The zero-order chi connectivity index (χ0) is 10.0. The predicted octanol–water partition coefficient (Wildman–Crippen LogP) is 0.686. The summed E-state index contributed by atoms with van der Waals surface area (Å²) in [6.07, 6.45) is 1.23. The molecule has 0 aliphatic rings. The summed E-state index contributed by atoms with van der Waals surface area (Å²) in [5.74, 6) is -1.23. The summed E-state index contributed by atoms with van der Waals surface area (Å²) in [4.78, 5) is 29.0. The average Bonchev–Trinajstić information content (AvgIpc) is 2.03. The molecule has 5 nitrogen and oxygen atoms in total. The highest BCUT2D eigenvalue weighted by molar-refractivity contribution is 6.03. The maximum absolute atomic E-state index is 10.9. The predicted molar refractivity (Wildman–Crippen MR) is 43.7 cm³/mol. The van der Waals surface area contributed by atoms with Crippen molar-refractivity contribution in [1.82, 2.24) is 9.97 Å². The van der Waals surface area contributed by atoms with Gasteiger partial charge in [-0.05, 0) is 13.8 Å². The van der Waals surface area contributed by atoms with Gasteiger partial charge in [-0.25, -0.2) is 14.8 Å². The number of hydrogen-bond acceptors (Lipinski definition) is 4. The zero-order valence-electron chi connectivity index (χ0n) is 7.24. The van der Waals surface area contributed by atoms with Crippen molar-refractivity contribution in [2.75, 3.05) is 0 Å². The molecular formula is C8H8N2O3. The summed E-state index contributed by atoms with van der Waals surface area (Å²) in [5.41, 5.74) is -0.196. The molecule has 0 saturated carbocycles. The largest absolute Gasteiger partial charge is 0.476 e. The molecule has 1 aromatic rings. The van der Waals surface area contributed by atoms with Gasteiger partial charge in [0.15, 0.2) is 11.5 Å². The van der Waals surface area contributed by atoms with Crippen molar-refractivity contribution >= 4 is 11.8 Å². The lowest BCUT2D eigenvalue weighted by atomic mass is 10.1. The molecule has 1 rings (SSSR count). The second-order valence-electron chi connectivity index (χ2n) is 2.54. The molecule has 0 fully saturated rings. The van der Waals surface area contributed by atoms with E-state index in [1.54, 1.807) is 6.92 Å². The molecule has 0 aliphatic carbocycles. The van der Waals surface area contributed by atoms with Crippen LogP contribution in [0.15, 0.2) is 6.20 Å². The quantitative estimate of drug-likeness (QED) is 0.677. The Morgan fingerprint density at radius 3 is 2.54 bits per heavy atom. The van der Waals surface area contributed by atoms with Gasteiger partial charge in [0.05, 0.1) is 5.56 Å². The van der Waals surface area contributed by atoms with Gasteiger partial charge in [0.1, 0.15) is 5.82 Å². The number of aromatic nitrogens is 2. The minimum absolute atomic E-state index is 0.0399. The van der Waals surface area contributed by atoms with Crippen molar-refractivity contribution in [3.05, 3.63) is 23.3 Å². The highest BCUT2D eigenvalue weighted by Gasteiger charge is 2.15. The molecule has 1 aromatic heterocycles. The molecule has 0 spiro atoms. The minimum Gasteiger partial charge on any atom is -0.476 e. The molecule has 13 heavy (non-hydrogen) atoms. The maximum Gasteiger partial charge on any atom is 0.355 e. The Hall–Kier alpha value is -1.78. The Labute approximate surface area is 74.4 Å². The van der Waals surface area contributed by atoms with Crippen LogP contribution in [0.1, 0.15) is 33.6 Å². The van der Waals surface area contributed by atoms with Crippen LogP contribution in [0, 0.1) is 6.92 Å². The third-order valence-electron chi connectivity index (χ3n) is 1.49. The van der Waals surface area contributed by atoms with Crippen molar-refractivity contribution < 1.29 is 14.7 Å². The molecule has 1 heterocycles. The molecule has 0 atom stereocenters. The lowest BCUT2D eigenvalue weighted by Gasteiger charge is -2.00. The van der Waals surface area contributed by atoms with Gasteiger partial charge in [0.2, 0.25) is 0 Å². The van der Waals surface area contributed by atoms with E-state index in [0.29, 0.717) is 5.82 Å². The van der Waals surface area contributed by atoms with Gasteiger partial charge in [0, 0.05) is 6.20 Å². The number of Topliss-reactive ketones (excluding diaryl/α,β-unsaturated/α-hetero) is 1. The summed E-state index contributed by atoms with van der Waals surface area (Å²) < 4.78 is 0. The highest BCUT2D eigenvalue weighted by atomic mass is 16.4. The first-order valence-electron chi connectivity index (χ1n) is 3.60. The van der Waals surface area contributed by atoms with Gasteiger partial charge in [-0.2, -0.15) is 0 Å². The van der Waals surface area contributed by atoms with Crippen LogP contribution in [0.3, 0.4) is 0 Å². The molecule has 0 aromatic carbocycles. The molecule has 68 valence electrons. The van der Waals surface area contributed by atoms with E-state index in [-0.39, 0.29) is 17.0 Å². The van der Waals surface area contributed by atoms with E-state index < -0.39 is 5.97 Å². The number of rotatable bonds is 2. The number of nitrogens with zero attached hydrogens (tertiary/aromatic N) is 2. The summed E-state index contributed by atoms with van der Waals surface area (Å²) >= 11 is 0. The van der Waals surface area contributed by atoms with Crippen LogP contribution in [0.2, 0.25) is 0 Å². The molecule has 5 heteroatoms. The summed E-state index contributed by atoms with van der Waals surface area (Å²) in [7, 11) is 0. The van der Waals surface area contributed by atoms with Crippen LogP contribution in [0.4, 0.5) is 0 Å².